The van der Waals surface area contributed by atoms with E-state index < -0.39 is 0 Å². The third-order valence-corrected chi connectivity index (χ3v) is 3.08. The van der Waals surface area contributed by atoms with Gasteiger partial charge < -0.3 is 5.32 Å². The molecule has 0 aliphatic carbocycles. The van der Waals surface area contributed by atoms with Crippen LogP contribution >= 0.6 is 0 Å². The zero-order chi connectivity index (χ0) is 10.4. The van der Waals surface area contributed by atoms with Gasteiger partial charge in [0.2, 0.25) is 0 Å². The Morgan fingerprint density at radius 2 is 2.36 bits per heavy atom. The van der Waals surface area contributed by atoms with E-state index in [2.05, 4.69) is 30.1 Å². The van der Waals surface area contributed by atoms with E-state index in [1.807, 2.05) is 0 Å². The lowest BCUT2D eigenvalue weighted by atomic mass is 9.82. The van der Waals surface area contributed by atoms with Gasteiger partial charge >= 0.3 is 0 Å². The van der Waals surface area contributed by atoms with E-state index in [-0.39, 0.29) is 0 Å². The van der Waals surface area contributed by atoms with Crippen LogP contribution in [0.1, 0.15) is 26.2 Å². The second kappa shape index (κ2) is 5.38. The van der Waals surface area contributed by atoms with Crippen molar-refractivity contribution in [2.75, 3.05) is 33.2 Å². The Bertz CT molecular complexity index is 199. The minimum absolute atomic E-state index is 0.486. The maximum Gasteiger partial charge on any atom is 0.0596 e. The number of nitrogens with zero attached hydrogens (tertiary/aromatic N) is 1. The Morgan fingerprint density at radius 3 is 2.86 bits per heavy atom. The second-order valence-electron chi connectivity index (χ2n) is 4.55. The van der Waals surface area contributed by atoms with Gasteiger partial charge in [0, 0.05) is 13.1 Å². The lowest BCUT2D eigenvalue weighted by molar-refractivity contribution is 0.190. The molecule has 1 atom stereocenters. The van der Waals surface area contributed by atoms with Crippen LogP contribution in [-0.4, -0.2) is 38.1 Å². The standard InChI is InChI=1S/C12H22N2/c1-4-6-12(7-8-13-10-12)11-14(3)9-5-2/h2,13H,4,6-11H2,1,3H3. The first-order chi connectivity index (χ1) is 6.72. The first kappa shape index (κ1) is 11.6. The van der Waals surface area contributed by atoms with Gasteiger partial charge in [-0.1, -0.05) is 19.3 Å². The number of nitrogens with one attached hydrogen (secondary N) is 1. The average Bonchev–Trinajstić information content (AvgIpc) is 2.54. The molecular weight excluding hydrogens is 172 g/mol. The molecular formula is C12H22N2. The van der Waals surface area contributed by atoms with Gasteiger partial charge in [0.1, 0.15) is 0 Å². The summed E-state index contributed by atoms with van der Waals surface area (Å²) in [4.78, 5) is 2.27. The number of terminal acetylenes is 1. The Balaban J connectivity index is 2.47. The van der Waals surface area contributed by atoms with Crippen LogP contribution in [0.3, 0.4) is 0 Å². The molecule has 1 aliphatic heterocycles. The van der Waals surface area contributed by atoms with Crippen molar-refractivity contribution in [1.82, 2.24) is 10.2 Å². The number of hydrogen-bond donors (Lipinski definition) is 1. The molecule has 1 rings (SSSR count). The van der Waals surface area contributed by atoms with Gasteiger partial charge in [-0.25, -0.2) is 0 Å². The fraction of sp³-hybridized carbons (Fsp3) is 0.833. The highest BCUT2D eigenvalue weighted by atomic mass is 15.1. The van der Waals surface area contributed by atoms with E-state index in [9.17, 15) is 0 Å². The highest BCUT2D eigenvalue weighted by molar-refractivity contribution is 4.93. The normalized spacial score (nSPS) is 26.7. The van der Waals surface area contributed by atoms with Crippen LogP contribution < -0.4 is 5.32 Å². The summed E-state index contributed by atoms with van der Waals surface area (Å²) in [5, 5.41) is 3.47. The summed E-state index contributed by atoms with van der Waals surface area (Å²) in [6.45, 7) is 6.50. The summed E-state index contributed by atoms with van der Waals surface area (Å²) in [5.41, 5.74) is 0.486. The van der Waals surface area contributed by atoms with Gasteiger partial charge in [-0.2, -0.15) is 0 Å². The van der Waals surface area contributed by atoms with E-state index in [4.69, 9.17) is 6.42 Å². The summed E-state index contributed by atoms with van der Waals surface area (Å²) in [7, 11) is 2.12. The maximum absolute atomic E-state index is 5.31. The van der Waals surface area contributed by atoms with E-state index in [1.165, 1.54) is 25.8 Å². The molecule has 0 aromatic carbocycles. The van der Waals surface area contributed by atoms with Gasteiger partial charge in [0.25, 0.3) is 0 Å². The second-order valence-corrected chi connectivity index (χ2v) is 4.55. The van der Waals surface area contributed by atoms with Crippen molar-refractivity contribution in [2.24, 2.45) is 5.41 Å². The molecule has 1 heterocycles. The Labute approximate surface area is 88.1 Å². The molecule has 1 N–H and O–H groups in total. The molecule has 1 saturated heterocycles. The molecule has 1 aliphatic rings. The highest BCUT2D eigenvalue weighted by Crippen LogP contribution is 2.31. The summed E-state index contributed by atoms with van der Waals surface area (Å²) < 4.78 is 0. The van der Waals surface area contributed by atoms with Crippen molar-refractivity contribution in [1.29, 1.82) is 0 Å². The first-order valence-corrected chi connectivity index (χ1v) is 5.55. The lowest BCUT2D eigenvalue weighted by Gasteiger charge is -2.32. The van der Waals surface area contributed by atoms with Gasteiger partial charge in [-0.3, -0.25) is 4.90 Å². The van der Waals surface area contributed by atoms with Crippen LogP contribution in [0.2, 0.25) is 0 Å². The van der Waals surface area contributed by atoms with E-state index in [0.29, 0.717) is 5.41 Å². The Kier molecular flexibility index (Phi) is 4.44. The minimum Gasteiger partial charge on any atom is -0.316 e. The van der Waals surface area contributed by atoms with Crippen molar-refractivity contribution in [3.05, 3.63) is 0 Å². The SMILES string of the molecule is C#CCN(C)CC1(CCC)CCNC1. The van der Waals surface area contributed by atoms with Crippen LogP contribution in [0.15, 0.2) is 0 Å². The first-order valence-electron chi connectivity index (χ1n) is 5.55. The molecule has 0 radical (unpaired) electrons. The van der Waals surface area contributed by atoms with Crippen LogP contribution in [0.5, 0.6) is 0 Å². The Morgan fingerprint density at radius 1 is 1.57 bits per heavy atom. The van der Waals surface area contributed by atoms with Crippen LogP contribution in [-0.2, 0) is 0 Å². The van der Waals surface area contributed by atoms with Crippen LogP contribution in [0, 0.1) is 17.8 Å². The molecule has 0 bridgehead atoms. The third kappa shape index (κ3) is 3.01. The summed E-state index contributed by atoms with van der Waals surface area (Å²) >= 11 is 0. The largest absolute Gasteiger partial charge is 0.316 e. The van der Waals surface area contributed by atoms with Crippen molar-refractivity contribution in [3.63, 3.8) is 0 Å². The van der Waals surface area contributed by atoms with Gasteiger partial charge in [0.15, 0.2) is 0 Å². The maximum atomic E-state index is 5.31. The number of rotatable bonds is 5. The summed E-state index contributed by atoms with van der Waals surface area (Å²) in [5.74, 6) is 2.71. The highest BCUT2D eigenvalue weighted by Gasteiger charge is 2.33. The fourth-order valence-corrected chi connectivity index (χ4v) is 2.54. The minimum atomic E-state index is 0.486. The summed E-state index contributed by atoms with van der Waals surface area (Å²) in [6.07, 6.45) is 9.20. The van der Waals surface area contributed by atoms with Crippen molar-refractivity contribution in [2.45, 2.75) is 26.2 Å². The van der Waals surface area contributed by atoms with Crippen molar-refractivity contribution < 1.29 is 0 Å². The average molecular weight is 194 g/mol. The Hall–Kier alpha value is -0.520. The lowest BCUT2D eigenvalue weighted by Crippen LogP contribution is -2.37. The molecule has 80 valence electrons. The van der Waals surface area contributed by atoms with Crippen LogP contribution in [0.25, 0.3) is 0 Å². The summed E-state index contributed by atoms with van der Waals surface area (Å²) in [6, 6.07) is 0. The van der Waals surface area contributed by atoms with Crippen molar-refractivity contribution in [3.8, 4) is 12.3 Å². The van der Waals surface area contributed by atoms with E-state index >= 15 is 0 Å². The quantitative estimate of drug-likeness (QED) is 0.664. The molecule has 0 aromatic rings. The third-order valence-electron chi connectivity index (χ3n) is 3.08. The molecule has 1 unspecified atom stereocenters. The molecule has 1 fully saturated rings. The predicted octanol–water partition coefficient (Wildman–Crippen LogP) is 1.33. The van der Waals surface area contributed by atoms with Gasteiger partial charge in [0.05, 0.1) is 6.54 Å². The van der Waals surface area contributed by atoms with Gasteiger partial charge in [-0.05, 0) is 31.8 Å². The molecule has 0 saturated carbocycles. The van der Waals surface area contributed by atoms with E-state index in [0.717, 1.165) is 19.6 Å². The fourth-order valence-electron chi connectivity index (χ4n) is 2.54. The molecule has 2 nitrogen and oxygen atoms in total. The zero-order valence-corrected chi connectivity index (χ0v) is 9.47. The predicted molar refractivity (Wildman–Crippen MR) is 61.2 cm³/mol. The molecule has 2 heteroatoms. The molecule has 0 aromatic heterocycles. The number of hydrogen-bond acceptors (Lipinski definition) is 2. The zero-order valence-electron chi connectivity index (χ0n) is 9.47. The topological polar surface area (TPSA) is 15.3 Å². The molecule has 0 spiro atoms. The van der Waals surface area contributed by atoms with E-state index in [1.54, 1.807) is 0 Å². The van der Waals surface area contributed by atoms with Gasteiger partial charge in [-0.15, -0.1) is 6.42 Å². The molecule has 0 amide bonds. The molecule has 14 heavy (non-hydrogen) atoms. The van der Waals surface area contributed by atoms with Crippen molar-refractivity contribution >= 4 is 0 Å². The monoisotopic (exact) mass is 194 g/mol. The smallest absolute Gasteiger partial charge is 0.0596 e. The van der Waals surface area contributed by atoms with Crippen LogP contribution in [0.4, 0.5) is 0 Å².